The molecule has 0 saturated heterocycles. The average Bonchev–Trinajstić information content (AvgIpc) is 2.61. The summed E-state index contributed by atoms with van der Waals surface area (Å²) in [6, 6.07) is 1.97. The van der Waals surface area contributed by atoms with E-state index in [1.54, 1.807) is 0 Å². The fourth-order valence-electron chi connectivity index (χ4n) is 5.55. The van der Waals surface area contributed by atoms with E-state index in [-0.39, 0.29) is 5.41 Å². The smallest absolute Gasteiger partial charge is 0.167 e. The Morgan fingerprint density at radius 3 is 2.53 bits per heavy atom. The van der Waals surface area contributed by atoms with Crippen molar-refractivity contribution in [2.45, 2.75) is 50.9 Å². The van der Waals surface area contributed by atoms with E-state index >= 15 is 0 Å². The van der Waals surface area contributed by atoms with Gasteiger partial charge in [-0.1, -0.05) is 12.1 Å². The number of anilines is 1. The van der Waals surface area contributed by atoms with Crippen molar-refractivity contribution in [3.8, 4) is 0 Å². The predicted molar refractivity (Wildman–Crippen MR) is 65.4 cm³/mol. The number of hydrogen-bond acceptors (Lipinski definition) is 3. The summed E-state index contributed by atoms with van der Waals surface area (Å²) in [6.07, 6.45) is 8.17. The monoisotopic (exact) mass is 232 g/mol. The highest BCUT2D eigenvalue weighted by Crippen LogP contribution is 2.65. The Bertz CT molecular complexity index is 451. The summed E-state index contributed by atoms with van der Waals surface area (Å²) in [4.78, 5) is 0. The second-order valence-corrected chi connectivity index (χ2v) is 7.17. The van der Waals surface area contributed by atoms with Crippen LogP contribution in [0.5, 0.6) is 0 Å². The van der Waals surface area contributed by atoms with Gasteiger partial charge in [-0.2, -0.15) is 0 Å². The summed E-state index contributed by atoms with van der Waals surface area (Å²) in [5.41, 5.74) is 6.54. The van der Waals surface area contributed by atoms with E-state index in [1.165, 1.54) is 38.5 Å². The molecular weight excluding hydrogens is 212 g/mol. The normalized spacial score (nSPS) is 47.6. The highest BCUT2D eigenvalue weighted by Gasteiger charge is 2.57. The van der Waals surface area contributed by atoms with Crippen LogP contribution in [0.2, 0.25) is 0 Å². The number of nitrogens with two attached hydrogens (primary N) is 1. The summed E-state index contributed by atoms with van der Waals surface area (Å²) in [5.74, 6) is 3.43. The molecule has 4 aliphatic carbocycles. The maximum absolute atomic E-state index is 5.73. The van der Waals surface area contributed by atoms with Gasteiger partial charge in [-0.25, -0.2) is 0 Å². The zero-order chi connectivity index (χ0) is 11.7. The number of nitrogen functional groups attached to an aromatic ring is 1. The molecule has 3 heteroatoms. The van der Waals surface area contributed by atoms with E-state index in [0.29, 0.717) is 11.2 Å². The van der Waals surface area contributed by atoms with Crippen LogP contribution in [0.3, 0.4) is 0 Å². The van der Waals surface area contributed by atoms with Crippen LogP contribution < -0.4 is 5.73 Å². The lowest BCUT2D eigenvalue weighted by atomic mass is 9.44. The van der Waals surface area contributed by atoms with Crippen molar-refractivity contribution in [1.29, 1.82) is 0 Å². The summed E-state index contributed by atoms with van der Waals surface area (Å²) < 4.78 is 5.52. The molecule has 0 spiro atoms. The molecule has 1 aromatic rings. The average molecular weight is 232 g/mol. The Kier molecular flexibility index (Phi) is 1.69. The molecule has 1 heterocycles. The van der Waals surface area contributed by atoms with Crippen molar-refractivity contribution in [2.24, 2.45) is 17.3 Å². The number of nitrogens with zero attached hydrogens (tertiary/aromatic N) is 1. The van der Waals surface area contributed by atoms with Gasteiger partial charge in [-0.05, 0) is 55.8 Å². The van der Waals surface area contributed by atoms with Crippen molar-refractivity contribution < 1.29 is 4.52 Å². The SMILES string of the molecule is CC12CC3CC(C1)CC(c1cc(N)no1)(C3)C2. The third-order valence-electron chi connectivity index (χ3n) is 5.40. The fraction of sp³-hybridized carbons (Fsp3) is 0.786. The molecule has 4 saturated carbocycles. The first-order valence-corrected chi connectivity index (χ1v) is 6.80. The summed E-state index contributed by atoms with van der Waals surface area (Å²) in [5, 5.41) is 3.90. The molecule has 2 unspecified atom stereocenters. The first-order valence-electron chi connectivity index (χ1n) is 6.80. The van der Waals surface area contributed by atoms with E-state index < -0.39 is 0 Å². The van der Waals surface area contributed by atoms with E-state index in [9.17, 15) is 0 Å². The molecular formula is C14H20N2O. The van der Waals surface area contributed by atoms with Gasteiger partial charge in [0.25, 0.3) is 0 Å². The van der Waals surface area contributed by atoms with Crippen molar-refractivity contribution in [2.75, 3.05) is 5.73 Å². The summed E-state index contributed by atoms with van der Waals surface area (Å²) in [6.45, 7) is 2.47. The van der Waals surface area contributed by atoms with Gasteiger partial charge in [0.15, 0.2) is 5.82 Å². The lowest BCUT2D eigenvalue weighted by molar-refractivity contribution is -0.0705. The van der Waals surface area contributed by atoms with E-state index in [4.69, 9.17) is 10.3 Å². The topological polar surface area (TPSA) is 52.0 Å². The van der Waals surface area contributed by atoms with Crippen molar-refractivity contribution in [3.63, 3.8) is 0 Å². The molecule has 5 rings (SSSR count). The Labute approximate surface area is 102 Å². The van der Waals surface area contributed by atoms with Gasteiger partial charge >= 0.3 is 0 Å². The molecule has 1 aromatic heterocycles. The Morgan fingerprint density at radius 2 is 2.00 bits per heavy atom. The molecule has 0 radical (unpaired) electrons. The highest BCUT2D eigenvalue weighted by molar-refractivity contribution is 5.32. The molecule has 0 amide bonds. The Balaban J connectivity index is 1.79. The molecule has 17 heavy (non-hydrogen) atoms. The molecule has 2 atom stereocenters. The summed E-state index contributed by atoms with van der Waals surface area (Å²) in [7, 11) is 0. The van der Waals surface area contributed by atoms with Crippen molar-refractivity contribution in [3.05, 3.63) is 11.8 Å². The minimum atomic E-state index is 0.267. The first-order chi connectivity index (χ1) is 8.07. The number of rotatable bonds is 1. The van der Waals surface area contributed by atoms with Crippen LogP contribution in [-0.2, 0) is 5.41 Å². The van der Waals surface area contributed by atoms with Gasteiger partial charge in [0, 0.05) is 11.5 Å². The van der Waals surface area contributed by atoms with Crippen molar-refractivity contribution in [1.82, 2.24) is 5.16 Å². The van der Waals surface area contributed by atoms with Crippen LogP contribution in [0.25, 0.3) is 0 Å². The highest BCUT2D eigenvalue weighted by atomic mass is 16.5. The molecule has 3 nitrogen and oxygen atoms in total. The second kappa shape index (κ2) is 2.88. The Morgan fingerprint density at radius 1 is 1.29 bits per heavy atom. The second-order valence-electron chi connectivity index (χ2n) is 7.17. The van der Waals surface area contributed by atoms with Gasteiger partial charge in [-0.15, -0.1) is 0 Å². The van der Waals surface area contributed by atoms with Crippen LogP contribution in [-0.4, -0.2) is 5.16 Å². The van der Waals surface area contributed by atoms with Crippen molar-refractivity contribution >= 4 is 5.82 Å². The molecule has 4 bridgehead atoms. The maximum atomic E-state index is 5.73. The lowest BCUT2D eigenvalue weighted by Crippen LogP contribution is -2.52. The van der Waals surface area contributed by atoms with Gasteiger partial charge in [0.2, 0.25) is 0 Å². The van der Waals surface area contributed by atoms with E-state index in [0.717, 1.165) is 17.6 Å². The van der Waals surface area contributed by atoms with Crippen LogP contribution >= 0.6 is 0 Å². The number of aromatic nitrogens is 1. The predicted octanol–water partition coefficient (Wildman–Crippen LogP) is 3.11. The maximum Gasteiger partial charge on any atom is 0.167 e. The Hall–Kier alpha value is -0.990. The van der Waals surface area contributed by atoms with Crippen LogP contribution in [0.15, 0.2) is 10.6 Å². The van der Waals surface area contributed by atoms with Crippen LogP contribution in [0, 0.1) is 17.3 Å². The van der Waals surface area contributed by atoms with E-state index in [2.05, 4.69) is 12.1 Å². The largest absolute Gasteiger partial charge is 0.381 e. The zero-order valence-electron chi connectivity index (χ0n) is 10.4. The third kappa shape index (κ3) is 1.31. The molecule has 92 valence electrons. The molecule has 2 N–H and O–H groups in total. The molecule has 0 aliphatic heterocycles. The van der Waals surface area contributed by atoms with Gasteiger partial charge in [0.05, 0.1) is 0 Å². The third-order valence-corrected chi connectivity index (χ3v) is 5.40. The van der Waals surface area contributed by atoms with Crippen LogP contribution in [0.4, 0.5) is 5.82 Å². The minimum absolute atomic E-state index is 0.267. The zero-order valence-corrected chi connectivity index (χ0v) is 10.4. The van der Waals surface area contributed by atoms with Gasteiger partial charge in [0.1, 0.15) is 5.76 Å². The summed E-state index contributed by atoms with van der Waals surface area (Å²) >= 11 is 0. The molecule has 4 fully saturated rings. The van der Waals surface area contributed by atoms with Gasteiger partial charge in [-0.3, -0.25) is 0 Å². The first kappa shape index (κ1) is 9.98. The fourth-order valence-corrected chi connectivity index (χ4v) is 5.55. The van der Waals surface area contributed by atoms with E-state index in [1.807, 2.05) is 6.07 Å². The standard InChI is InChI=1S/C14H20N2O/c1-13-4-9-2-10(5-13)7-14(6-9,8-13)11-3-12(15)16-17-11/h3,9-10H,2,4-8H2,1H3,(H2,15,16). The minimum Gasteiger partial charge on any atom is -0.381 e. The molecule has 0 aromatic carbocycles. The quantitative estimate of drug-likeness (QED) is 0.809. The van der Waals surface area contributed by atoms with Gasteiger partial charge < -0.3 is 10.3 Å². The van der Waals surface area contributed by atoms with Crippen LogP contribution in [0.1, 0.15) is 51.2 Å². The lowest BCUT2D eigenvalue weighted by Gasteiger charge is -2.60. The molecule has 4 aliphatic rings. The number of hydrogen-bond donors (Lipinski definition) is 1.